The number of fused-ring (bicyclic) bond motifs is 2. The number of amides is 3. The number of hydrogen-bond donors (Lipinski definition) is 2. The van der Waals surface area contributed by atoms with Crippen molar-refractivity contribution in [3.63, 3.8) is 0 Å². The van der Waals surface area contributed by atoms with Crippen LogP contribution in [0.3, 0.4) is 0 Å². The van der Waals surface area contributed by atoms with Gasteiger partial charge in [0.05, 0.1) is 5.69 Å². The Labute approximate surface area is 175 Å². The van der Waals surface area contributed by atoms with Crippen molar-refractivity contribution in [3.05, 3.63) is 29.3 Å². The second-order valence-electron chi connectivity index (χ2n) is 9.37. The molecule has 8 nitrogen and oxygen atoms in total. The second kappa shape index (κ2) is 6.89. The highest BCUT2D eigenvalue weighted by molar-refractivity contribution is 5.90. The summed E-state index contributed by atoms with van der Waals surface area (Å²) in [6, 6.07) is 5.95. The second-order valence-corrected chi connectivity index (χ2v) is 9.37. The first kappa shape index (κ1) is 19.2. The van der Waals surface area contributed by atoms with Crippen LogP contribution in [0.25, 0.3) is 0 Å². The molecule has 1 saturated carbocycles. The van der Waals surface area contributed by atoms with Gasteiger partial charge >= 0.3 is 12.2 Å². The van der Waals surface area contributed by atoms with Crippen LogP contribution in [0.2, 0.25) is 0 Å². The standard InChI is InChI=1S/C22H27N3O5/c26-19(23-5-1-6-23)16-9-15(10-16)8-14-2-3-18-17(11-14)22(13-25(18)21(29)30)4-7-24(12-22)20(27)28/h2-3,11,15-16H,1,4-10,12-13H2,(H,27,28)(H,29,30). The number of likely N-dealkylation sites (tertiary alicyclic amines) is 2. The van der Waals surface area contributed by atoms with Crippen LogP contribution in [0, 0.1) is 11.8 Å². The lowest BCUT2D eigenvalue weighted by molar-refractivity contribution is -0.143. The molecule has 1 atom stereocenters. The van der Waals surface area contributed by atoms with Gasteiger partial charge in [-0.15, -0.1) is 0 Å². The van der Waals surface area contributed by atoms with Gasteiger partial charge < -0.3 is 20.0 Å². The number of carboxylic acid groups (broad SMARTS) is 2. The number of carbonyl (C=O) groups is 3. The van der Waals surface area contributed by atoms with Crippen molar-refractivity contribution in [3.8, 4) is 0 Å². The van der Waals surface area contributed by atoms with Crippen molar-refractivity contribution in [2.75, 3.05) is 37.6 Å². The van der Waals surface area contributed by atoms with Gasteiger partial charge in [-0.3, -0.25) is 9.69 Å². The summed E-state index contributed by atoms with van der Waals surface area (Å²) in [4.78, 5) is 40.3. The maximum Gasteiger partial charge on any atom is 0.411 e. The van der Waals surface area contributed by atoms with E-state index < -0.39 is 17.6 Å². The molecule has 1 unspecified atom stereocenters. The van der Waals surface area contributed by atoms with Crippen LogP contribution in [0.1, 0.15) is 36.8 Å². The molecule has 5 rings (SSSR count). The summed E-state index contributed by atoms with van der Waals surface area (Å²) in [5.41, 5.74) is 2.32. The number of benzene rings is 1. The van der Waals surface area contributed by atoms with E-state index in [-0.39, 0.29) is 5.92 Å². The van der Waals surface area contributed by atoms with E-state index in [2.05, 4.69) is 6.07 Å². The summed E-state index contributed by atoms with van der Waals surface area (Å²) in [5, 5.41) is 19.0. The van der Waals surface area contributed by atoms with Gasteiger partial charge in [0.15, 0.2) is 0 Å². The molecule has 160 valence electrons. The maximum atomic E-state index is 12.3. The van der Waals surface area contributed by atoms with Crippen molar-refractivity contribution in [1.29, 1.82) is 0 Å². The van der Waals surface area contributed by atoms with E-state index in [1.165, 1.54) is 9.80 Å². The number of nitrogens with zero attached hydrogens (tertiary/aromatic N) is 3. The van der Waals surface area contributed by atoms with Crippen LogP contribution in [0.4, 0.5) is 15.3 Å². The Bertz CT molecular complexity index is 908. The maximum absolute atomic E-state index is 12.3. The van der Waals surface area contributed by atoms with Crippen molar-refractivity contribution < 1.29 is 24.6 Å². The third-order valence-electron chi connectivity index (χ3n) is 7.52. The molecule has 2 N–H and O–H groups in total. The highest BCUT2D eigenvalue weighted by Gasteiger charge is 2.50. The van der Waals surface area contributed by atoms with Gasteiger partial charge in [-0.05, 0) is 55.2 Å². The zero-order chi connectivity index (χ0) is 21.0. The molecule has 1 spiro atoms. The van der Waals surface area contributed by atoms with Crippen LogP contribution < -0.4 is 4.90 Å². The van der Waals surface area contributed by atoms with E-state index in [1.54, 1.807) is 0 Å². The zero-order valence-electron chi connectivity index (χ0n) is 16.9. The Morgan fingerprint density at radius 1 is 1.00 bits per heavy atom. The number of rotatable bonds is 3. The molecule has 0 aromatic heterocycles. The molecule has 8 heteroatoms. The lowest BCUT2D eigenvalue weighted by atomic mass is 9.71. The molecule has 1 aliphatic carbocycles. The van der Waals surface area contributed by atoms with E-state index in [1.807, 2.05) is 17.0 Å². The summed E-state index contributed by atoms with van der Waals surface area (Å²) in [5.74, 6) is 0.949. The highest BCUT2D eigenvalue weighted by Crippen LogP contribution is 2.47. The van der Waals surface area contributed by atoms with Gasteiger partial charge in [0, 0.05) is 44.1 Å². The summed E-state index contributed by atoms with van der Waals surface area (Å²) in [6.07, 6.45) is 2.52. The fraction of sp³-hybridized carbons (Fsp3) is 0.591. The van der Waals surface area contributed by atoms with Crippen molar-refractivity contribution >= 4 is 23.8 Å². The number of carbonyl (C=O) groups excluding carboxylic acids is 1. The number of hydrogen-bond acceptors (Lipinski definition) is 3. The van der Waals surface area contributed by atoms with E-state index >= 15 is 0 Å². The Kier molecular flexibility index (Phi) is 4.41. The molecule has 3 heterocycles. The van der Waals surface area contributed by atoms with E-state index in [0.717, 1.165) is 49.9 Å². The van der Waals surface area contributed by atoms with Crippen molar-refractivity contribution in [1.82, 2.24) is 9.80 Å². The Morgan fingerprint density at radius 3 is 2.37 bits per heavy atom. The molecule has 2 saturated heterocycles. The molecule has 3 fully saturated rings. The zero-order valence-corrected chi connectivity index (χ0v) is 16.9. The summed E-state index contributed by atoms with van der Waals surface area (Å²) in [7, 11) is 0. The Morgan fingerprint density at radius 2 is 1.77 bits per heavy atom. The first-order valence-corrected chi connectivity index (χ1v) is 10.8. The fourth-order valence-electron chi connectivity index (χ4n) is 5.63. The van der Waals surface area contributed by atoms with Crippen LogP contribution in [-0.4, -0.2) is 70.8 Å². The van der Waals surface area contributed by atoms with Gasteiger partial charge in [0.1, 0.15) is 0 Å². The first-order chi connectivity index (χ1) is 14.4. The summed E-state index contributed by atoms with van der Waals surface area (Å²) in [6.45, 7) is 2.87. The average molecular weight is 413 g/mol. The SMILES string of the molecule is O=C(O)N1CCC2(C1)CN(C(=O)O)c1ccc(CC3CC(C(=O)N4CCC4)C3)cc12. The van der Waals surface area contributed by atoms with Crippen LogP contribution in [0.5, 0.6) is 0 Å². The predicted molar refractivity (Wildman–Crippen MR) is 109 cm³/mol. The molecule has 3 amide bonds. The largest absolute Gasteiger partial charge is 0.465 e. The lowest BCUT2D eigenvalue weighted by Crippen LogP contribution is -2.48. The van der Waals surface area contributed by atoms with Gasteiger partial charge in [-0.2, -0.15) is 0 Å². The van der Waals surface area contributed by atoms with Gasteiger partial charge in [0.2, 0.25) is 5.91 Å². The van der Waals surface area contributed by atoms with Crippen LogP contribution in [0.15, 0.2) is 18.2 Å². The average Bonchev–Trinajstić information content (AvgIpc) is 3.19. The minimum absolute atomic E-state index is 0.164. The molecule has 1 aromatic rings. The normalized spacial score (nSPS) is 29.5. The molecular weight excluding hydrogens is 386 g/mol. The Hall–Kier alpha value is -2.77. The first-order valence-electron chi connectivity index (χ1n) is 10.8. The third-order valence-corrected chi connectivity index (χ3v) is 7.52. The fourth-order valence-corrected chi connectivity index (χ4v) is 5.63. The molecule has 3 aliphatic heterocycles. The predicted octanol–water partition coefficient (Wildman–Crippen LogP) is 2.61. The molecule has 0 radical (unpaired) electrons. The van der Waals surface area contributed by atoms with Gasteiger partial charge in [-0.1, -0.05) is 12.1 Å². The van der Waals surface area contributed by atoms with Crippen LogP contribution >= 0.6 is 0 Å². The highest BCUT2D eigenvalue weighted by atomic mass is 16.4. The van der Waals surface area contributed by atoms with Crippen molar-refractivity contribution in [2.45, 2.75) is 37.5 Å². The van der Waals surface area contributed by atoms with E-state index in [0.29, 0.717) is 43.6 Å². The monoisotopic (exact) mass is 413 g/mol. The molecule has 0 bridgehead atoms. The van der Waals surface area contributed by atoms with Gasteiger partial charge in [0.25, 0.3) is 0 Å². The minimum Gasteiger partial charge on any atom is -0.465 e. The molecule has 30 heavy (non-hydrogen) atoms. The number of anilines is 1. The topological polar surface area (TPSA) is 101 Å². The lowest BCUT2D eigenvalue weighted by Gasteiger charge is -2.41. The summed E-state index contributed by atoms with van der Waals surface area (Å²) < 4.78 is 0. The van der Waals surface area contributed by atoms with Crippen molar-refractivity contribution in [2.24, 2.45) is 11.8 Å². The summed E-state index contributed by atoms with van der Waals surface area (Å²) >= 11 is 0. The molecular formula is C22H27N3O5. The quantitative estimate of drug-likeness (QED) is 0.793. The smallest absolute Gasteiger partial charge is 0.411 e. The molecule has 1 aromatic carbocycles. The van der Waals surface area contributed by atoms with E-state index in [4.69, 9.17) is 0 Å². The third kappa shape index (κ3) is 3.00. The molecule has 4 aliphatic rings. The Balaban J connectivity index is 1.32. The van der Waals surface area contributed by atoms with E-state index in [9.17, 15) is 24.6 Å². The van der Waals surface area contributed by atoms with Crippen LogP contribution in [-0.2, 0) is 16.6 Å². The minimum atomic E-state index is -0.999. The van der Waals surface area contributed by atoms with Gasteiger partial charge in [-0.25, -0.2) is 9.59 Å².